The minimum absolute atomic E-state index is 0.931. The Labute approximate surface area is 75.0 Å². The summed E-state index contributed by atoms with van der Waals surface area (Å²) in [5.41, 5.74) is 3.04. The Kier molecular flexibility index (Phi) is 1.87. The molecule has 1 heterocycles. The first-order valence-electron chi connectivity index (χ1n) is 3.56. The van der Waals surface area contributed by atoms with Crippen molar-refractivity contribution >= 4 is 11.5 Å². The van der Waals surface area contributed by atoms with Crippen molar-refractivity contribution in [3.05, 3.63) is 42.1 Å². The van der Waals surface area contributed by atoms with Gasteiger partial charge in [-0.1, -0.05) is 28.8 Å². The molecule has 0 bridgehead atoms. The minimum Gasteiger partial charge on any atom is -0.138 e. The van der Waals surface area contributed by atoms with Crippen molar-refractivity contribution in [1.82, 2.24) is 9.59 Å². The second-order valence-electron chi connectivity index (χ2n) is 2.49. The van der Waals surface area contributed by atoms with Crippen LogP contribution in [0.4, 0.5) is 0 Å². The molecule has 0 fully saturated rings. The topological polar surface area (TPSA) is 25.8 Å². The molecule has 1 radical (unpaired) electrons. The zero-order chi connectivity index (χ0) is 8.39. The molecule has 2 rings (SSSR count). The van der Waals surface area contributed by atoms with Crippen LogP contribution in [0.2, 0.25) is 0 Å². The second kappa shape index (κ2) is 3.03. The molecule has 0 amide bonds. The molecule has 0 saturated carbocycles. The van der Waals surface area contributed by atoms with Crippen molar-refractivity contribution in [2.45, 2.75) is 0 Å². The summed E-state index contributed by atoms with van der Waals surface area (Å²) >= 11 is 1.36. The summed E-state index contributed by atoms with van der Waals surface area (Å²) in [6.07, 6.45) is 0. The quantitative estimate of drug-likeness (QED) is 0.665. The number of benzene rings is 1. The number of hydrogen-bond donors (Lipinski definition) is 0. The van der Waals surface area contributed by atoms with E-state index in [9.17, 15) is 0 Å². The van der Waals surface area contributed by atoms with Gasteiger partial charge in [0.1, 0.15) is 5.69 Å². The largest absolute Gasteiger partial charge is 0.138 e. The third-order valence-electron chi connectivity index (χ3n) is 1.61. The van der Waals surface area contributed by atoms with Crippen LogP contribution in [0.5, 0.6) is 0 Å². The Bertz CT molecular complexity index is 351. The van der Waals surface area contributed by atoms with Gasteiger partial charge < -0.3 is 0 Å². The smallest absolute Gasteiger partial charge is 0.105 e. The molecular weight excluding hydrogens is 168 g/mol. The zero-order valence-electron chi connectivity index (χ0n) is 6.40. The van der Waals surface area contributed by atoms with Gasteiger partial charge in [0.2, 0.25) is 0 Å². The highest BCUT2D eigenvalue weighted by Crippen LogP contribution is 2.17. The molecule has 0 spiro atoms. The number of hydrogen-bond acceptors (Lipinski definition) is 3. The van der Waals surface area contributed by atoms with Gasteiger partial charge in [-0.05, 0) is 24.0 Å². The van der Waals surface area contributed by atoms with Crippen LogP contribution < -0.4 is 0 Å². The maximum absolute atomic E-state index is 3.96. The van der Waals surface area contributed by atoms with E-state index in [1.54, 1.807) is 0 Å². The first kappa shape index (κ1) is 7.43. The van der Waals surface area contributed by atoms with Crippen LogP contribution in [0.25, 0.3) is 11.3 Å². The van der Waals surface area contributed by atoms with Gasteiger partial charge in [0, 0.05) is 10.9 Å². The maximum Gasteiger partial charge on any atom is 0.105 e. The summed E-state index contributed by atoms with van der Waals surface area (Å²) in [4.78, 5) is 0. The molecule has 1 aromatic heterocycles. The normalized spacial score (nSPS) is 10.1. The van der Waals surface area contributed by atoms with Crippen LogP contribution in [0.15, 0.2) is 29.6 Å². The molecule has 12 heavy (non-hydrogen) atoms. The average molecular weight is 175 g/mol. The average Bonchev–Trinajstić information content (AvgIpc) is 2.58. The summed E-state index contributed by atoms with van der Waals surface area (Å²) in [6.45, 7) is 3.81. The standard InChI is InChI=1S/C9H7N2S/c1-7-2-4-8(5-3-7)9-6-12-11-10-9/h2-6H,1H2. The number of rotatable bonds is 1. The van der Waals surface area contributed by atoms with E-state index in [4.69, 9.17) is 0 Å². The first-order valence-corrected chi connectivity index (χ1v) is 4.39. The third-order valence-corrected chi connectivity index (χ3v) is 2.11. The van der Waals surface area contributed by atoms with Crippen molar-refractivity contribution in [2.24, 2.45) is 0 Å². The molecule has 0 aliphatic heterocycles. The van der Waals surface area contributed by atoms with Crippen LogP contribution in [0.1, 0.15) is 5.56 Å². The summed E-state index contributed by atoms with van der Waals surface area (Å²) in [5, 5.41) is 5.89. The SMILES string of the molecule is [CH2]c1ccc(-c2csnn2)cc1. The van der Waals surface area contributed by atoms with Gasteiger partial charge in [0.15, 0.2) is 0 Å². The molecule has 59 valence electrons. The number of aromatic nitrogens is 2. The van der Waals surface area contributed by atoms with E-state index in [2.05, 4.69) is 16.5 Å². The Morgan fingerprint density at radius 3 is 2.50 bits per heavy atom. The van der Waals surface area contributed by atoms with Crippen molar-refractivity contribution in [2.75, 3.05) is 0 Å². The van der Waals surface area contributed by atoms with Crippen molar-refractivity contribution < 1.29 is 0 Å². The lowest BCUT2D eigenvalue weighted by Crippen LogP contribution is -1.77. The molecule has 0 aliphatic carbocycles. The summed E-state index contributed by atoms with van der Waals surface area (Å²) < 4.78 is 3.80. The van der Waals surface area contributed by atoms with Gasteiger partial charge in [-0.25, -0.2) is 0 Å². The monoisotopic (exact) mass is 175 g/mol. The number of nitrogens with zero attached hydrogens (tertiary/aromatic N) is 2. The Morgan fingerprint density at radius 1 is 1.17 bits per heavy atom. The first-order chi connectivity index (χ1) is 5.86. The molecule has 3 heteroatoms. The van der Waals surface area contributed by atoms with E-state index in [-0.39, 0.29) is 0 Å². The van der Waals surface area contributed by atoms with Gasteiger partial charge in [0.25, 0.3) is 0 Å². The molecule has 0 unspecified atom stereocenters. The highest BCUT2D eigenvalue weighted by molar-refractivity contribution is 7.03. The van der Waals surface area contributed by atoms with Crippen LogP contribution in [0.3, 0.4) is 0 Å². The Morgan fingerprint density at radius 2 is 1.92 bits per heavy atom. The predicted octanol–water partition coefficient (Wildman–Crippen LogP) is 2.39. The minimum atomic E-state index is 0.931. The van der Waals surface area contributed by atoms with E-state index in [0.29, 0.717) is 0 Å². The van der Waals surface area contributed by atoms with Gasteiger partial charge in [-0.2, -0.15) is 0 Å². The molecular formula is C9H7N2S. The fourth-order valence-corrected chi connectivity index (χ4v) is 1.43. The van der Waals surface area contributed by atoms with E-state index in [0.717, 1.165) is 16.8 Å². The summed E-state index contributed by atoms with van der Waals surface area (Å²) in [7, 11) is 0. The second-order valence-corrected chi connectivity index (χ2v) is 3.10. The highest BCUT2D eigenvalue weighted by atomic mass is 32.1. The van der Waals surface area contributed by atoms with Crippen LogP contribution >= 0.6 is 11.5 Å². The lowest BCUT2D eigenvalue weighted by atomic mass is 10.1. The molecule has 0 aliphatic rings. The molecule has 2 aromatic rings. The van der Waals surface area contributed by atoms with Crippen molar-refractivity contribution in [3.8, 4) is 11.3 Å². The zero-order valence-corrected chi connectivity index (χ0v) is 7.21. The fraction of sp³-hybridized carbons (Fsp3) is 0. The van der Waals surface area contributed by atoms with E-state index in [1.807, 2.05) is 29.6 Å². The van der Waals surface area contributed by atoms with Crippen LogP contribution in [0, 0.1) is 6.92 Å². The van der Waals surface area contributed by atoms with Gasteiger partial charge in [-0.15, -0.1) is 5.10 Å². The summed E-state index contributed by atoms with van der Waals surface area (Å²) in [5.74, 6) is 0. The third kappa shape index (κ3) is 1.36. The van der Waals surface area contributed by atoms with Crippen molar-refractivity contribution in [3.63, 3.8) is 0 Å². The van der Waals surface area contributed by atoms with Gasteiger partial charge in [-0.3, -0.25) is 0 Å². The lowest BCUT2D eigenvalue weighted by molar-refractivity contribution is 1.16. The molecule has 0 N–H and O–H groups in total. The molecule has 0 atom stereocenters. The predicted molar refractivity (Wildman–Crippen MR) is 49.8 cm³/mol. The fourth-order valence-electron chi connectivity index (χ4n) is 0.966. The Hall–Kier alpha value is -1.22. The maximum atomic E-state index is 3.96. The van der Waals surface area contributed by atoms with Crippen LogP contribution in [-0.4, -0.2) is 9.59 Å². The van der Waals surface area contributed by atoms with Crippen molar-refractivity contribution in [1.29, 1.82) is 0 Å². The highest BCUT2D eigenvalue weighted by Gasteiger charge is 1.98. The molecule has 1 aromatic carbocycles. The molecule has 0 saturated heterocycles. The van der Waals surface area contributed by atoms with Gasteiger partial charge in [0.05, 0.1) is 0 Å². The van der Waals surface area contributed by atoms with E-state index < -0.39 is 0 Å². The summed E-state index contributed by atoms with van der Waals surface area (Å²) in [6, 6.07) is 7.93. The lowest BCUT2D eigenvalue weighted by Gasteiger charge is -1.94. The van der Waals surface area contributed by atoms with Crippen LogP contribution in [-0.2, 0) is 0 Å². The van der Waals surface area contributed by atoms with E-state index >= 15 is 0 Å². The van der Waals surface area contributed by atoms with Gasteiger partial charge >= 0.3 is 0 Å². The molecule has 2 nitrogen and oxygen atoms in total. The van der Waals surface area contributed by atoms with E-state index in [1.165, 1.54) is 11.5 Å². The Balaban J connectivity index is 2.43.